The van der Waals surface area contributed by atoms with Gasteiger partial charge in [-0.25, -0.2) is 0 Å². The average Bonchev–Trinajstić information content (AvgIpc) is 2.15. The van der Waals surface area contributed by atoms with E-state index in [1.54, 1.807) is 0 Å². The molecule has 1 aromatic rings. The van der Waals surface area contributed by atoms with Crippen LogP contribution in [0.25, 0.3) is 5.57 Å². The Morgan fingerprint density at radius 2 is 1.86 bits per heavy atom. The minimum absolute atomic E-state index is 0.0209. The summed E-state index contributed by atoms with van der Waals surface area (Å²) in [7, 11) is 0. The second kappa shape index (κ2) is 3.84. The van der Waals surface area contributed by atoms with Gasteiger partial charge in [-0.05, 0) is 17.2 Å². The van der Waals surface area contributed by atoms with Crippen LogP contribution in [0.1, 0.15) is 11.1 Å². The van der Waals surface area contributed by atoms with Crippen LogP contribution >= 0.6 is 0 Å². The summed E-state index contributed by atoms with van der Waals surface area (Å²) in [5, 5.41) is 0. The lowest BCUT2D eigenvalue weighted by molar-refractivity contribution is -0.137. The van der Waals surface area contributed by atoms with Gasteiger partial charge in [-0.1, -0.05) is 24.8 Å². The van der Waals surface area contributed by atoms with Crippen LogP contribution in [0.4, 0.5) is 13.2 Å². The van der Waals surface area contributed by atoms with E-state index in [0.717, 1.165) is 6.07 Å². The molecule has 0 atom stereocenters. The van der Waals surface area contributed by atoms with E-state index in [9.17, 15) is 13.2 Å². The van der Waals surface area contributed by atoms with Gasteiger partial charge in [-0.2, -0.15) is 13.2 Å². The van der Waals surface area contributed by atoms with Crippen molar-refractivity contribution in [3.05, 3.63) is 42.0 Å². The van der Waals surface area contributed by atoms with Gasteiger partial charge in [0, 0.05) is 6.54 Å². The highest BCUT2D eigenvalue weighted by Gasteiger charge is 2.33. The number of nitrogens with two attached hydrogens (primary N) is 1. The van der Waals surface area contributed by atoms with Gasteiger partial charge in [-0.15, -0.1) is 0 Å². The first-order chi connectivity index (χ1) is 6.46. The average molecular weight is 201 g/mol. The van der Waals surface area contributed by atoms with Gasteiger partial charge in [0.25, 0.3) is 0 Å². The predicted octanol–water partition coefficient (Wildman–Crippen LogP) is 2.68. The van der Waals surface area contributed by atoms with Crippen molar-refractivity contribution in [3.8, 4) is 0 Å². The lowest BCUT2D eigenvalue weighted by atomic mass is 10.0. The molecule has 4 heteroatoms. The normalized spacial score (nSPS) is 11.4. The van der Waals surface area contributed by atoms with Crippen molar-refractivity contribution in [2.45, 2.75) is 6.18 Å². The van der Waals surface area contributed by atoms with E-state index in [1.165, 1.54) is 18.2 Å². The van der Waals surface area contributed by atoms with Crippen LogP contribution in [0.5, 0.6) is 0 Å². The van der Waals surface area contributed by atoms with E-state index in [4.69, 9.17) is 5.73 Å². The number of benzene rings is 1. The fourth-order valence-electron chi connectivity index (χ4n) is 1.15. The Morgan fingerprint density at radius 1 is 1.29 bits per heavy atom. The second-order valence-corrected chi connectivity index (χ2v) is 2.85. The van der Waals surface area contributed by atoms with Gasteiger partial charge in [-0.3, -0.25) is 0 Å². The van der Waals surface area contributed by atoms with Crippen LogP contribution < -0.4 is 5.73 Å². The van der Waals surface area contributed by atoms with Crippen molar-refractivity contribution >= 4 is 5.57 Å². The Kier molecular flexibility index (Phi) is 2.96. The van der Waals surface area contributed by atoms with Crippen LogP contribution in [-0.2, 0) is 6.18 Å². The molecule has 0 fully saturated rings. The van der Waals surface area contributed by atoms with Gasteiger partial charge >= 0.3 is 6.18 Å². The molecular weight excluding hydrogens is 191 g/mol. The zero-order valence-corrected chi connectivity index (χ0v) is 7.43. The first-order valence-corrected chi connectivity index (χ1v) is 4.01. The molecule has 14 heavy (non-hydrogen) atoms. The van der Waals surface area contributed by atoms with Gasteiger partial charge < -0.3 is 5.73 Å². The lowest BCUT2D eigenvalue weighted by Crippen LogP contribution is -2.11. The van der Waals surface area contributed by atoms with Gasteiger partial charge in [0.05, 0.1) is 5.56 Å². The van der Waals surface area contributed by atoms with Crippen molar-refractivity contribution in [3.63, 3.8) is 0 Å². The molecule has 76 valence electrons. The molecule has 0 heterocycles. The first kappa shape index (κ1) is 10.8. The molecule has 1 rings (SSSR count). The van der Waals surface area contributed by atoms with Crippen molar-refractivity contribution in [1.29, 1.82) is 0 Å². The largest absolute Gasteiger partial charge is 0.416 e. The van der Waals surface area contributed by atoms with Gasteiger partial charge in [0.2, 0.25) is 0 Å². The smallest absolute Gasteiger partial charge is 0.326 e. The molecule has 0 bridgehead atoms. The molecular formula is C10H10F3N. The molecule has 0 aromatic heterocycles. The molecule has 0 aliphatic heterocycles. The molecule has 1 nitrogen and oxygen atoms in total. The van der Waals surface area contributed by atoms with Crippen LogP contribution in [0, 0.1) is 0 Å². The summed E-state index contributed by atoms with van der Waals surface area (Å²) in [5.41, 5.74) is 4.93. The Bertz CT molecular complexity index is 341. The Morgan fingerprint density at radius 3 is 2.36 bits per heavy atom. The molecule has 1 aromatic carbocycles. The minimum atomic E-state index is -4.35. The highest BCUT2D eigenvalue weighted by atomic mass is 19.4. The topological polar surface area (TPSA) is 26.0 Å². The fourth-order valence-corrected chi connectivity index (χ4v) is 1.15. The fraction of sp³-hybridized carbons (Fsp3) is 0.200. The first-order valence-electron chi connectivity index (χ1n) is 4.01. The maximum atomic E-state index is 12.5. The van der Waals surface area contributed by atoms with E-state index < -0.39 is 11.7 Å². The number of hydrogen-bond acceptors (Lipinski definition) is 1. The number of hydrogen-bond donors (Lipinski definition) is 1. The Hall–Kier alpha value is -1.29. The molecule has 0 aliphatic carbocycles. The molecule has 0 saturated heterocycles. The molecule has 0 saturated carbocycles. The summed E-state index contributed by atoms with van der Waals surface area (Å²) in [4.78, 5) is 0. The summed E-state index contributed by atoms with van der Waals surface area (Å²) in [6, 6.07) is 5.27. The standard InChI is InChI=1S/C10H10F3N/c1-7(6-14)8-4-2-3-5-9(8)10(11,12)13/h2-5H,1,6,14H2. The van der Waals surface area contributed by atoms with Gasteiger partial charge in [0.15, 0.2) is 0 Å². The van der Waals surface area contributed by atoms with E-state index in [2.05, 4.69) is 6.58 Å². The molecule has 2 N–H and O–H groups in total. The third-order valence-corrected chi connectivity index (χ3v) is 1.86. The van der Waals surface area contributed by atoms with Crippen molar-refractivity contribution in [1.82, 2.24) is 0 Å². The zero-order chi connectivity index (χ0) is 10.8. The summed E-state index contributed by atoms with van der Waals surface area (Å²) in [6.45, 7) is 3.51. The van der Waals surface area contributed by atoms with Crippen LogP contribution in [0.3, 0.4) is 0 Å². The van der Waals surface area contributed by atoms with Crippen molar-refractivity contribution in [2.75, 3.05) is 6.54 Å². The summed E-state index contributed by atoms with van der Waals surface area (Å²) in [5.74, 6) is 0. The molecule has 0 aliphatic rings. The molecule has 0 unspecified atom stereocenters. The highest BCUT2D eigenvalue weighted by molar-refractivity contribution is 5.67. The molecule has 0 radical (unpaired) electrons. The van der Waals surface area contributed by atoms with Crippen LogP contribution in [0.15, 0.2) is 30.8 Å². The predicted molar refractivity (Wildman–Crippen MR) is 49.5 cm³/mol. The second-order valence-electron chi connectivity index (χ2n) is 2.85. The monoisotopic (exact) mass is 201 g/mol. The number of halogens is 3. The Labute approximate surface area is 80.0 Å². The van der Waals surface area contributed by atoms with Gasteiger partial charge in [0.1, 0.15) is 0 Å². The Balaban J connectivity index is 3.23. The maximum Gasteiger partial charge on any atom is 0.416 e. The number of alkyl halides is 3. The van der Waals surface area contributed by atoms with Crippen molar-refractivity contribution in [2.24, 2.45) is 5.73 Å². The van der Waals surface area contributed by atoms with Crippen LogP contribution in [-0.4, -0.2) is 6.54 Å². The summed E-state index contributed by atoms with van der Waals surface area (Å²) >= 11 is 0. The van der Waals surface area contributed by atoms with E-state index in [-0.39, 0.29) is 17.7 Å². The van der Waals surface area contributed by atoms with E-state index in [1.807, 2.05) is 0 Å². The maximum absolute atomic E-state index is 12.5. The number of rotatable bonds is 2. The summed E-state index contributed by atoms with van der Waals surface area (Å²) < 4.78 is 37.4. The zero-order valence-electron chi connectivity index (χ0n) is 7.43. The van der Waals surface area contributed by atoms with Crippen LogP contribution in [0.2, 0.25) is 0 Å². The SMILES string of the molecule is C=C(CN)c1ccccc1C(F)(F)F. The third kappa shape index (κ3) is 2.14. The lowest BCUT2D eigenvalue weighted by Gasteiger charge is -2.13. The minimum Gasteiger partial charge on any atom is -0.326 e. The molecule has 0 amide bonds. The molecule has 0 spiro atoms. The van der Waals surface area contributed by atoms with E-state index in [0.29, 0.717) is 0 Å². The highest BCUT2D eigenvalue weighted by Crippen LogP contribution is 2.33. The quantitative estimate of drug-likeness (QED) is 0.782. The van der Waals surface area contributed by atoms with Crippen molar-refractivity contribution < 1.29 is 13.2 Å². The summed E-state index contributed by atoms with van der Waals surface area (Å²) in [6.07, 6.45) is -4.35. The third-order valence-electron chi connectivity index (χ3n) is 1.86. The van der Waals surface area contributed by atoms with E-state index >= 15 is 0 Å².